The molecule has 238 valence electrons. The number of carbonyl (C=O) groups excluding carboxylic acids is 2. The number of nitrogens with zero attached hydrogens (tertiary/aromatic N) is 2. The van der Waals surface area contributed by atoms with Crippen LogP contribution < -0.4 is 16.2 Å². The first-order valence-corrected chi connectivity index (χ1v) is 15.9. The molecule has 0 bridgehead atoms. The maximum Gasteiger partial charge on any atom is 0.293 e. The fraction of sp³-hybridized carbons (Fsp3) is 0.486. The Kier molecular flexibility index (Phi) is 8.28. The number of hydrogen-bond acceptors (Lipinski definition) is 7. The van der Waals surface area contributed by atoms with Gasteiger partial charge in [0.15, 0.2) is 0 Å². The van der Waals surface area contributed by atoms with Gasteiger partial charge in [0.25, 0.3) is 12.0 Å². The minimum absolute atomic E-state index is 0.0151. The summed E-state index contributed by atoms with van der Waals surface area (Å²) in [5.41, 5.74) is 6.29. The molecule has 2 aliphatic carbocycles. The van der Waals surface area contributed by atoms with E-state index in [4.69, 9.17) is 14.5 Å². The number of carbonyl (C=O) groups is 2. The van der Waals surface area contributed by atoms with Crippen molar-refractivity contribution in [1.82, 2.24) is 20.2 Å². The highest BCUT2D eigenvalue weighted by atomic mass is 19.1. The van der Waals surface area contributed by atoms with Crippen LogP contribution in [0.15, 0.2) is 29.7 Å². The molecule has 9 nitrogen and oxygen atoms in total. The molecule has 0 radical (unpaired) electrons. The molecule has 1 saturated carbocycles. The van der Waals surface area contributed by atoms with Crippen molar-refractivity contribution in [2.75, 3.05) is 13.3 Å². The Morgan fingerprint density at radius 3 is 2.73 bits per heavy atom. The monoisotopic (exact) mass is 616 g/mol. The van der Waals surface area contributed by atoms with Crippen molar-refractivity contribution in [2.24, 2.45) is 5.92 Å². The second-order valence-electron chi connectivity index (χ2n) is 12.9. The lowest BCUT2D eigenvalue weighted by molar-refractivity contribution is -0.130. The van der Waals surface area contributed by atoms with Gasteiger partial charge in [-0.15, -0.1) is 0 Å². The summed E-state index contributed by atoms with van der Waals surface area (Å²) < 4.78 is 28.6. The predicted octanol–water partition coefficient (Wildman–Crippen LogP) is 5.08. The maximum atomic E-state index is 15.3. The first-order chi connectivity index (χ1) is 21.7. The molecule has 3 aliphatic rings. The summed E-state index contributed by atoms with van der Waals surface area (Å²) in [4.78, 5) is 42.6. The van der Waals surface area contributed by atoms with Crippen molar-refractivity contribution in [2.45, 2.75) is 90.4 Å². The summed E-state index contributed by atoms with van der Waals surface area (Å²) >= 11 is 0. The molecule has 10 heteroatoms. The van der Waals surface area contributed by atoms with Gasteiger partial charge in [0, 0.05) is 22.9 Å². The van der Waals surface area contributed by atoms with Crippen LogP contribution in [-0.4, -0.2) is 40.8 Å². The second kappa shape index (κ2) is 12.0. The fourth-order valence-electron chi connectivity index (χ4n) is 7.74. The number of amides is 1. The SMILES string of the molecule is C=CNCC(=O)NCOC1(C2CCc3c(C)c(F)cc4nc5c(c2c34)Cn2c-5cc(C(CC)C(C)C)c(COC=O)c2=O)CC1. The van der Waals surface area contributed by atoms with Crippen LogP contribution in [0.3, 0.4) is 0 Å². The van der Waals surface area contributed by atoms with Gasteiger partial charge in [0.2, 0.25) is 5.91 Å². The van der Waals surface area contributed by atoms with Crippen molar-refractivity contribution < 1.29 is 23.5 Å². The van der Waals surface area contributed by atoms with E-state index in [1.807, 2.05) is 13.0 Å². The predicted molar refractivity (Wildman–Crippen MR) is 169 cm³/mol. The summed E-state index contributed by atoms with van der Waals surface area (Å²) in [6.07, 6.45) is 5.41. The standard InChI is InChI=1S/C35H41FN4O5/c1-6-21(19(3)4)23-12-29-33-24(15-40(29)34(43)25(23)16-44-18-41)31-26(35(10-11-35)45-17-38-30(42)14-37-7-2)9-8-22-20(5)27(36)13-28(39-33)32(22)31/h7,12-13,18-19,21,26,37H,2,6,8-11,14-17H2,1,3-5H3,(H,38,42). The van der Waals surface area contributed by atoms with Gasteiger partial charge in [-0.05, 0) is 85.4 Å². The van der Waals surface area contributed by atoms with E-state index in [9.17, 15) is 14.4 Å². The molecule has 1 amide bonds. The Morgan fingerprint density at radius 2 is 2.07 bits per heavy atom. The highest BCUT2D eigenvalue weighted by molar-refractivity contribution is 5.93. The number of halogens is 1. The Bertz CT molecular complexity index is 1760. The van der Waals surface area contributed by atoms with Crippen LogP contribution in [0, 0.1) is 18.7 Å². The number of nitrogens with one attached hydrogen (secondary N) is 2. The van der Waals surface area contributed by atoms with Crippen molar-refractivity contribution in [3.63, 3.8) is 0 Å². The maximum absolute atomic E-state index is 15.3. The molecular formula is C35H41FN4O5. The number of pyridine rings is 2. The first kappa shape index (κ1) is 31.0. The lowest BCUT2D eigenvalue weighted by atomic mass is 9.75. The van der Waals surface area contributed by atoms with Gasteiger partial charge >= 0.3 is 0 Å². The lowest BCUT2D eigenvalue weighted by Gasteiger charge is -2.34. The van der Waals surface area contributed by atoms with Crippen molar-refractivity contribution in [3.05, 3.63) is 74.5 Å². The smallest absolute Gasteiger partial charge is 0.293 e. The number of benzene rings is 1. The van der Waals surface area contributed by atoms with Gasteiger partial charge in [-0.1, -0.05) is 27.4 Å². The summed E-state index contributed by atoms with van der Waals surface area (Å²) in [7, 11) is 0. The van der Waals surface area contributed by atoms with E-state index in [-0.39, 0.29) is 54.9 Å². The minimum Gasteiger partial charge on any atom is -0.463 e. The van der Waals surface area contributed by atoms with Crippen LogP contribution in [0.1, 0.15) is 91.7 Å². The van der Waals surface area contributed by atoms with Crippen LogP contribution in [0.4, 0.5) is 4.39 Å². The molecule has 6 rings (SSSR count). The molecular weight excluding hydrogens is 575 g/mol. The molecule has 1 aliphatic heterocycles. The topological polar surface area (TPSA) is 112 Å². The van der Waals surface area contributed by atoms with Gasteiger partial charge in [-0.3, -0.25) is 14.4 Å². The zero-order valence-corrected chi connectivity index (χ0v) is 26.4. The van der Waals surface area contributed by atoms with Crippen molar-refractivity contribution in [1.29, 1.82) is 0 Å². The van der Waals surface area contributed by atoms with E-state index < -0.39 is 5.60 Å². The zero-order chi connectivity index (χ0) is 32.0. The average molecular weight is 617 g/mol. The summed E-state index contributed by atoms with van der Waals surface area (Å²) in [5.74, 6) is -0.159. The molecule has 45 heavy (non-hydrogen) atoms. The third-order valence-corrected chi connectivity index (χ3v) is 10.1. The Balaban J connectivity index is 1.50. The van der Waals surface area contributed by atoms with Gasteiger partial charge in [0.1, 0.15) is 19.2 Å². The number of rotatable bonds is 13. The Hall–Kier alpha value is -4.05. The van der Waals surface area contributed by atoms with Crippen LogP contribution in [0.2, 0.25) is 0 Å². The van der Waals surface area contributed by atoms with E-state index in [1.54, 1.807) is 4.57 Å². The highest BCUT2D eigenvalue weighted by Crippen LogP contribution is 2.57. The van der Waals surface area contributed by atoms with Gasteiger partial charge in [-0.25, -0.2) is 9.37 Å². The molecule has 1 aromatic carbocycles. The molecule has 0 saturated heterocycles. The van der Waals surface area contributed by atoms with Gasteiger partial charge < -0.3 is 24.7 Å². The first-order valence-electron chi connectivity index (χ1n) is 15.9. The zero-order valence-electron chi connectivity index (χ0n) is 26.4. The molecule has 2 atom stereocenters. The van der Waals surface area contributed by atoms with Crippen molar-refractivity contribution in [3.8, 4) is 11.4 Å². The highest BCUT2D eigenvalue weighted by Gasteiger charge is 2.53. The molecule has 2 aromatic heterocycles. The van der Waals surface area contributed by atoms with Crippen LogP contribution in [0.25, 0.3) is 22.3 Å². The number of aryl methyl sites for hydroxylation is 1. The number of fused-ring (bicyclic) bond motifs is 4. The molecule has 3 heterocycles. The average Bonchev–Trinajstić information content (AvgIpc) is 3.71. The van der Waals surface area contributed by atoms with Gasteiger partial charge in [-0.2, -0.15) is 0 Å². The van der Waals surface area contributed by atoms with E-state index in [0.717, 1.165) is 53.3 Å². The van der Waals surface area contributed by atoms with Crippen LogP contribution in [-0.2, 0) is 38.6 Å². The molecule has 0 spiro atoms. The van der Waals surface area contributed by atoms with Crippen molar-refractivity contribution >= 4 is 23.3 Å². The fourth-order valence-corrected chi connectivity index (χ4v) is 7.74. The third kappa shape index (κ3) is 5.22. The van der Waals surface area contributed by atoms with E-state index >= 15 is 4.39 Å². The van der Waals surface area contributed by atoms with E-state index in [2.05, 4.69) is 38.0 Å². The molecule has 2 unspecified atom stereocenters. The van der Waals surface area contributed by atoms with Crippen LogP contribution >= 0.6 is 0 Å². The van der Waals surface area contributed by atoms with E-state index in [0.29, 0.717) is 47.5 Å². The largest absolute Gasteiger partial charge is 0.463 e. The molecule has 2 N–H and O–H groups in total. The Labute approximate surface area is 262 Å². The summed E-state index contributed by atoms with van der Waals surface area (Å²) in [6, 6.07) is 3.56. The molecule has 1 fully saturated rings. The summed E-state index contributed by atoms with van der Waals surface area (Å²) in [5, 5.41) is 6.57. The number of ether oxygens (including phenoxy) is 2. The lowest BCUT2D eigenvalue weighted by Crippen LogP contribution is -2.37. The minimum atomic E-state index is -0.472. The van der Waals surface area contributed by atoms with Gasteiger partial charge in [0.05, 0.1) is 41.2 Å². The second-order valence-corrected chi connectivity index (χ2v) is 12.9. The quantitative estimate of drug-likeness (QED) is 0.159. The third-order valence-electron chi connectivity index (χ3n) is 10.1. The normalized spacial score (nSPS) is 17.9. The Morgan fingerprint density at radius 1 is 1.29 bits per heavy atom. The number of hydrogen-bond donors (Lipinski definition) is 2. The molecule has 3 aromatic rings. The van der Waals surface area contributed by atoms with Crippen LogP contribution in [0.5, 0.6) is 0 Å². The van der Waals surface area contributed by atoms with E-state index in [1.165, 1.54) is 12.3 Å². The summed E-state index contributed by atoms with van der Waals surface area (Å²) in [6.45, 7) is 12.5. The number of aromatic nitrogens is 2.